The lowest BCUT2D eigenvalue weighted by Crippen LogP contribution is -2.54. The number of halogens is 1. The van der Waals surface area contributed by atoms with Gasteiger partial charge in [0.2, 0.25) is 0 Å². The average molecular weight is 381 g/mol. The fourth-order valence-electron chi connectivity index (χ4n) is 4.38. The third kappa shape index (κ3) is 4.59. The van der Waals surface area contributed by atoms with Crippen LogP contribution in [-0.4, -0.2) is 65.9 Å². The van der Waals surface area contributed by atoms with E-state index in [4.69, 9.17) is 0 Å². The van der Waals surface area contributed by atoms with Crippen LogP contribution in [-0.2, 0) is 6.54 Å². The molecule has 2 aromatic carbocycles. The van der Waals surface area contributed by atoms with Crippen molar-refractivity contribution >= 4 is 5.91 Å². The molecule has 5 heteroatoms. The summed E-state index contributed by atoms with van der Waals surface area (Å²) in [6.45, 7) is 6.54. The Morgan fingerprint density at radius 3 is 2.29 bits per heavy atom. The number of benzene rings is 2. The normalized spacial score (nSPS) is 19.7. The molecule has 2 saturated heterocycles. The number of carbonyl (C=O) groups is 1. The monoisotopic (exact) mass is 381 g/mol. The van der Waals surface area contributed by atoms with Gasteiger partial charge in [-0.1, -0.05) is 36.4 Å². The van der Waals surface area contributed by atoms with Crippen molar-refractivity contribution in [1.29, 1.82) is 0 Å². The zero-order chi connectivity index (χ0) is 19.3. The first-order chi connectivity index (χ1) is 13.7. The zero-order valence-corrected chi connectivity index (χ0v) is 16.3. The second-order valence-electron chi connectivity index (χ2n) is 7.83. The molecule has 4 rings (SSSR count). The predicted octanol–water partition coefficient (Wildman–Crippen LogP) is 3.25. The molecule has 0 radical (unpaired) electrons. The van der Waals surface area contributed by atoms with Gasteiger partial charge in [-0.25, -0.2) is 4.39 Å². The Labute approximate surface area is 166 Å². The molecule has 2 aromatic rings. The second kappa shape index (κ2) is 8.84. The average Bonchev–Trinajstić information content (AvgIpc) is 2.75. The Morgan fingerprint density at radius 2 is 1.61 bits per heavy atom. The number of piperazine rings is 1. The zero-order valence-electron chi connectivity index (χ0n) is 16.3. The van der Waals surface area contributed by atoms with Gasteiger partial charge in [-0.3, -0.25) is 14.6 Å². The van der Waals surface area contributed by atoms with Crippen molar-refractivity contribution in [3.05, 3.63) is 71.5 Å². The summed E-state index contributed by atoms with van der Waals surface area (Å²) in [6, 6.07) is 17.3. The van der Waals surface area contributed by atoms with Crippen LogP contribution < -0.4 is 0 Å². The number of rotatable bonds is 4. The van der Waals surface area contributed by atoms with E-state index in [2.05, 4.69) is 40.1 Å². The number of nitrogens with zero attached hydrogens (tertiary/aromatic N) is 3. The summed E-state index contributed by atoms with van der Waals surface area (Å²) in [7, 11) is 0. The maximum Gasteiger partial charge on any atom is 0.254 e. The van der Waals surface area contributed by atoms with Crippen molar-refractivity contribution in [3.63, 3.8) is 0 Å². The molecule has 0 unspecified atom stereocenters. The third-order valence-corrected chi connectivity index (χ3v) is 6.00. The fraction of sp³-hybridized carbons (Fsp3) is 0.435. The van der Waals surface area contributed by atoms with Crippen molar-refractivity contribution in [2.24, 2.45) is 0 Å². The van der Waals surface area contributed by atoms with Crippen LogP contribution in [0.4, 0.5) is 4.39 Å². The standard InChI is InChI=1S/C23H28FN3O/c24-21-8-4-7-20(17-21)23(28)27-15-13-26(14-16-27)22-9-11-25(12-10-22)18-19-5-2-1-3-6-19/h1-8,17,22H,9-16,18H2. The summed E-state index contributed by atoms with van der Waals surface area (Å²) in [5.41, 5.74) is 1.83. The fourth-order valence-corrected chi connectivity index (χ4v) is 4.38. The number of carbonyl (C=O) groups excluding carboxylic acids is 1. The van der Waals surface area contributed by atoms with E-state index in [1.807, 2.05) is 4.90 Å². The van der Waals surface area contributed by atoms with E-state index in [-0.39, 0.29) is 11.7 Å². The minimum absolute atomic E-state index is 0.0585. The van der Waals surface area contributed by atoms with Crippen LogP contribution in [0, 0.1) is 5.82 Å². The van der Waals surface area contributed by atoms with Gasteiger partial charge in [0, 0.05) is 44.3 Å². The number of likely N-dealkylation sites (tertiary alicyclic amines) is 1. The number of hydrogen-bond acceptors (Lipinski definition) is 3. The van der Waals surface area contributed by atoms with Gasteiger partial charge in [0.25, 0.3) is 5.91 Å². The molecular formula is C23H28FN3O. The van der Waals surface area contributed by atoms with Crippen LogP contribution in [0.15, 0.2) is 54.6 Å². The van der Waals surface area contributed by atoms with E-state index in [1.165, 1.54) is 30.5 Å². The molecule has 2 aliphatic heterocycles. The molecule has 2 heterocycles. The highest BCUT2D eigenvalue weighted by atomic mass is 19.1. The van der Waals surface area contributed by atoms with E-state index in [0.29, 0.717) is 11.6 Å². The second-order valence-corrected chi connectivity index (χ2v) is 7.83. The smallest absolute Gasteiger partial charge is 0.254 e. The third-order valence-electron chi connectivity index (χ3n) is 6.00. The molecule has 0 N–H and O–H groups in total. The van der Waals surface area contributed by atoms with E-state index >= 15 is 0 Å². The van der Waals surface area contributed by atoms with Crippen molar-refractivity contribution in [3.8, 4) is 0 Å². The highest BCUT2D eigenvalue weighted by molar-refractivity contribution is 5.94. The van der Waals surface area contributed by atoms with E-state index in [0.717, 1.165) is 45.8 Å². The van der Waals surface area contributed by atoms with E-state index in [9.17, 15) is 9.18 Å². The molecule has 148 valence electrons. The number of piperidine rings is 1. The first-order valence-corrected chi connectivity index (χ1v) is 10.2. The maximum absolute atomic E-state index is 13.4. The van der Waals surface area contributed by atoms with Crippen molar-refractivity contribution < 1.29 is 9.18 Å². The van der Waals surface area contributed by atoms with Gasteiger partial charge in [-0.15, -0.1) is 0 Å². The molecule has 4 nitrogen and oxygen atoms in total. The molecule has 0 aliphatic carbocycles. The van der Waals surface area contributed by atoms with Gasteiger partial charge >= 0.3 is 0 Å². The van der Waals surface area contributed by atoms with Crippen LogP contribution in [0.3, 0.4) is 0 Å². The van der Waals surface area contributed by atoms with Crippen LogP contribution in [0.2, 0.25) is 0 Å². The molecule has 2 aliphatic rings. The quantitative estimate of drug-likeness (QED) is 0.814. The SMILES string of the molecule is O=C(c1cccc(F)c1)N1CCN(C2CCN(Cc3ccccc3)CC2)CC1. The summed E-state index contributed by atoms with van der Waals surface area (Å²) in [5.74, 6) is -0.413. The van der Waals surface area contributed by atoms with Gasteiger partial charge in [0.15, 0.2) is 0 Å². The molecule has 1 amide bonds. The van der Waals surface area contributed by atoms with Gasteiger partial charge in [-0.2, -0.15) is 0 Å². The summed E-state index contributed by atoms with van der Waals surface area (Å²) in [5, 5.41) is 0. The summed E-state index contributed by atoms with van der Waals surface area (Å²) in [4.78, 5) is 19.5. The van der Waals surface area contributed by atoms with E-state index in [1.54, 1.807) is 12.1 Å². The van der Waals surface area contributed by atoms with Crippen molar-refractivity contribution in [2.45, 2.75) is 25.4 Å². The lowest BCUT2D eigenvalue weighted by molar-refractivity contribution is 0.0445. The van der Waals surface area contributed by atoms with Gasteiger partial charge in [-0.05, 0) is 49.7 Å². The molecule has 0 atom stereocenters. The summed E-state index contributed by atoms with van der Waals surface area (Å²) >= 11 is 0. The topological polar surface area (TPSA) is 26.8 Å². The summed E-state index contributed by atoms with van der Waals surface area (Å²) < 4.78 is 13.4. The Kier molecular flexibility index (Phi) is 6.03. The van der Waals surface area contributed by atoms with Gasteiger partial charge in [0.1, 0.15) is 5.82 Å². The van der Waals surface area contributed by atoms with Crippen LogP contribution in [0.1, 0.15) is 28.8 Å². The molecule has 2 fully saturated rings. The van der Waals surface area contributed by atoms with Crippen molar-refractivity contribution in [2.75, 3.05) is 39.3 Å². The first-order valence-electron chi connectivity index (χ1n) is 10.2. The molecular weight excluding hydrogens is 353 g/mol. The summed E-state index contributed by atoms with van der Waals surface area (Å²) in [6.07, 6.45) is 2.37. The Balaban J connectivity index is 1.24. The molecule has 28 heavy (non-hydrogen) atoms. The number of amides is 1. The van der Waals surface area contributed by atoms with Gasteiger partial charge in [0.05, 0.1) is 0 Å². The number of hydrogen-bond donors (Lipinski definition) is 0. The first kappa shape index (κ1) is 19.1. The molecule has 0 saturated carbocycles. The highest BCUT2D eigenvalue weighted by Gasteiger charge is 2.29. The predicted molar refractivity (Wildman–Crippen MR) is 109 cm³/mol. The van der Waals surface area contributed by atoms with Crippen LogP contribution in [0.5, 0.6) is 0 Å². The lowest BCUT2D eigenvalue weighted by atomic mass is 10.0. The lowest BCUT2D eigenvalue weighted by Gasteiger charge is -2.42. The molecule has 0 aromatic heterocycles. The Hall–Kier alpha value is -2.24. The largest absolute Gasteiger partial charge is 0.336 e. The molecule has 0 spiro atoms. The maximum atomic E-state index is 13.4. The van der Waals surface area contributed by atoms with Gasteiger partial charge < -0.3 is 4.90 Å². The highest BCUT2D eigenvalue weighted by Crippen LogP contribution is 2.20. The minimum atomic E-state index is -0.355. The minimum Gasteiger partial charge on any atom is -0.336 e. The van der Waals surface area contributed by atoms with Crippen LogP contribution in [0.25, 0.3) is 0 Å². The van der Waals surface area contributed by atoms with E-state index < -0.39 is 0 Å². The Morgan fingerprint density at radius 1 is 0.893 bits per heavy atom. The van der Waals surface area contributed by atoms with Crippen molar-refractivity contribution in [1.82, 2.24) is 14.7 Å². The van der Waals surface area contributed by atoms with Crippen LogP contribution >= 0.6 is 0 Å². The molecule has 0 bridgehead atoms. The Bertz CT molecular complexity index is 781.